The number of fused-ring (bicyclic) bond motifs is 2. The maximum atomic E-state index is 12.3. The van der Waals surface area contributed by atoms with Crippen molar-refractivity contribution in [1.29, 1.82) is 0 Å². The zero-order valence-electron chi connectivity index (χ0n) is 10.9. The molecule has 3 aliphatic rings. The number of halogens is 1. The number of hydrogen-bond donors (Lipinski definition) is 1. The summed E-state index contributed by atoms with van der Waals surface area (Å²) in [4.78, 5) is 36.5. The van der Waals surface area contributed by atoms with E-state index in [9.17, 15) is 19.5 Å². The molecule has 0 aromatic rings. The van der Waals surface area contributed by atoms with Crippen molar-refractivity contribution in [2.45, 2.75) is 40.7 Å². The van der Waals surface area contributed by atoms with E-state index in [0.29, 0.717) is 0 Å². The lowest BCUT2D eigenvalue weighted by Gasteiger charge is -2.42. The highest BCUT2D eigenvalue weighted by atomic mass is 35.5. The topological polar surface area (TPSA) is 96.4 Å². The predicted octanol–water partition coefficient (Wildman–Crippen LogP) is 0.0104. The summed E-state index contributed by atoms with van der Waals surface area (Å²) in [7, 11) is 1.15. The van der Waals surface area contributed by atoms with Gasteiger partial charge in [0.05, 0.1) is 7.11 Å². The van der Waals surface area contributed by atoms with Gasteiger partial charge in [-0.3, -0.25) is 4.79 Å². The van der Waals surface area contributed by atoms with E-state index in [1.54, 1.807) is 13.8 Å². The van der Waals surface area contributed by atoms with E-state index in [1.807, 2.05) is 0 Å². The number of carboxylic acid groups (broad SMARTS) is 1. The molecule has 4 atom stereocenters. The normalized spacial score (nSPS) is 44.0. The van der Waals surface area contributed by atoms with Gasteiger partial charge in [-0.25, -0.2) is 9.59 Å². The molecule has 3 fully saturated rings. The first-order chi connectivity index (χ1) is 9.13. The number of carbonyl (C=O) groups excluding carboxylic acids is 2. The van der Waals surface area contributed by atoms with Gasteiger partial charge in [0.25, 0.3) is 11.0 Å². The largest absolute Gasteiger partial charge is 0.480 e. The van der Waals surface area contributed by atoms with E-state index in [0.717, 1.165) is 7.11 Å². The minimum absolute atomic E-state index is 0.576. The predicted molar refractivity (Wildman–Crippen MR) is 68.1 cm³/mol. The summed E-state index contributed by atoms with van der Waals surface area (Å²) in [6.07, 6.45) is 0. The molecule has 3 aliphatic heterocycles. The van der Waals surface area contributed by atoms with Crippen LogP contribution in [-0.2, 0) is 23.9 Å². The van der Waals surface area contributed by atoms with Crippen LogP contribution >= 0.6 is 23.4 Å². The van der Waals surface area contributed by atoms with Gasteiger partial charge >= 0.3 is 11.9 Å². The maximum Gasteiger partial charge on any atom is 0.358 e. The highest BCUT2D eigenvalue weighted by Gasteiger charge is 2.93. The van der Waals surface area contributed by atoms with Crippen LogP contribution in [0.1, 0.15) is 13.8 Å². The van der Waals surface area contributed by atoms with Crippen molar-refractivity contribution < 1.29 is 29.0 Å². The molecule has 3 heterocycles. The monoisotopic (exact) mass is 321 g/mol. The molecule has 110 valence electrons. The Morgan fingerprint density at radius 2 is 2.10 bits per heavy atom. The van der Waals surface area contributed by atoms with Crippen molar-refractivity contribution in [1.82, 2.24) is 4.90 Å². The molecule has 0 bridgehead atoms. The smallest absolute Gasteiger partial charge is 0.358 e. The van der Waals surface area contributed by atoms with Crippen molar-refractivity contribution in [3.63, 3.8) is 0 Å². The fourth-order valence-electron chi connectivity index (χ4n) is 2.94. The van der Waals surface area contributed by atoms with Crippen LogP contribution in [0.5, 0.6) is 0 Å². The van der Waals surface area contributed by atoms with Gasteiger partial charge < -0.3 is 19.5 Å². The summed E-state index contributed by atoms with van der Waals surface area (Å²) in [5, 5.41) is 6.86. The Balaban J connectivity index is 1.95. The molecule has 1 amide bonds. The molecule has 3 saturated heterocycles. The van der Waals surface area contributed by atoms with Gasteiger partial charge in [0.1, 0.15) is 11.4 Å². The summed E-state index contributed by atoms with van der Waals surface area (Å²) >= 11 is 7.29. The molecule has 1 spiro atoms. The molecule has 0 aromatic heterocycles. The van der Waals surface area contributed by atoms with Crippen LogP contribution in [0, 0.1) is 0 Å². The lowest BCUT2D eigenvalue weighted by molar-refractivity contribution is -0.165. The van der Waals surface area contributed by atoms with Crippen molar-refractivity contribution in [3.05, 3.63) is 0 Å². The molecule has 0 aromatic carbocycles. The third-order valence-corrected chi connectivity index (χ3v) is 6.05. The first-order valence-corrected chi connectivity index (χ1v) is 7.10. The highest BCUT2D eigenvalue weighted by Crippen LogP contribution is 2.69. The summed E-state index contributed by atoms with van der Waals surface area (Å²) < 4.78 is 9.05. The fraction of sp³-hybridized carbons (Fsp3) is 0.727. The maximum absolute atomic E-state index is 12.3. The molecule has 0 saturated carbocycles. The van der Waals surface area contributed by atoms with Crippen molar-refractivity contribution in [3.8, 4) is 0 Å². The SMILES string of the molecule is COC(=O)C1(Cl)O[C@]12C(=O)N1[C@@H](C(=O)O)C(C)(C)S[C@@H]12. The van der Waals surface area contributed by atoms with E-state index in [2.05, 4.69) is 4.74 Å². The van der Waals surface area contributed by atoms with Crippen LogP contribution in [0.25, 0.3) is 0 Å². The number of esters is 1. The zero-order valence-corrected chi connectivity index (χ0v) is 12.4. The lowest BCUT2D eigenvalue weighted by atomic mass is 9.89. The average Bonchev–Trinajstić information content (AvgIpc) is 2.94. The van der Waals surface area contributed by atoms with Gasteiger partial charge in [0.2, 0.25) is 5.60 Å². The first-order valence-electron chi connectivity index (χ1n) is 5.84. The van der Waals surface area contributed by atoms with Gasteiger partial charge in [-0.2, -0.15) is 0 Å². The van der Waals surface area contributed by atoms with E-state index in [-0.39, 0.29) is 0 Å². The molecule has 3 rings (SSSR count). The second-order valence-corrected chi connectivity index (χ2v) is 7.72. The summed E-state index contributed by atoms with van der Waals surface area (Å²) in [5.74, 6) is -2.51. The lowest BCUT2D eigenvalue weighted by Crippen LogP contribution is -2.70. The van der Waals surface area contributed by atoms with Crippen LogP contribution in [0.3, 0.4) is 0 Å². The Labute approximate surface area is 123 Å². The standard InChI is InChI=1S/C11H12ClNO6S/c1-9(2)4(5(14)15)13-6(16)10(7(13)20-9)11(12,19-10)8(17)18-3/h4,7H,1-3H3,(H,14,15)/t4-,7+,10-,11?/m0/s1. The summed E-state index contributed by atoms with van der Waals surface area (Å²) in [6, 6.07) is -0.974. The quantitative estimate of drug-likeness (QED) is 0.331. The van der Waals surface area contributed by atoms with Crippen molar-refractivity contribution in [2.75, 3.05) is 7.11 Å². The number of thioether (sulfide) groups is 1. The first kappa shape index (κ1) is 14.0. The van der Waals surface area contributed by atoms with Gasteiger partial charge in [0, 0.05) is 4.75 Å². The van der Waals surface area contributed by atoms with Gasteiger partial charge in [0.15, 0.2) is 0 Å². The number of nitrogens with zero attached hydrogens (tertiary/aromatic N) is 1. The van der Waals surface area contributed by atoms with Crippen LogP contribution in [0.15, 0.2) is 0 Å². The Hall–Kier alpha value is -0.990. The molecule has 1 unspecified atom stereocenters. The third-order valence-electron chi connectivity index (χ3n) is 3.92. The fourth-order valence-corrected chi connectivity index (χ4v) is 5.12. The second-order valence-electron chi connectivity index (χ2n) is 5.45. The third kappa shape index (κ3) is 1.25. The molecule has 9 heteroatoms. The average molecular weight is 322 g/mol. The Bertz CT molecular complexity index is 553. The number of β-lactam (4-membered cyclic amide) rings is 1. The van der Waals surface area contributed by atoms with Crippen molar-refractivity contribution >= 4 is 41.2 Å². The van der Waals surface area contributed by atoms with Crippen LogP contribution in [0.4, 0.5) is 0 Å². The number of carbonyl (C=O) groups is 3. The molecule has 0 aliphatic carbocycles. The summed E-state index contributed by atoms with van der Waals surface area (Å²) in [5.41, 5.74) is -1.49. The van der Waals surface area contributed by atoms with E-state index in [1.165, 1.54) is 16.7 Å². The highest BCUT2D eigenvalue weighted by molar-refractivity contribution is 8.01. The van der Waals surface area contributed by atoms with E-state index >= 15 is 0 Å². The molecule has 7 nitrogen and oxygen atoms in total. The molecule has 20 heavy (non-hydrogen) atoms. The second kappa shape index (κ2) is 3.61. The van der Waals surface area contributed by atoms with Crippen LogP contribution < -0.4 is 0 Å². The van der Waals surface area contributed by atoms with Crippen molar-refractivity contribution in [2.24, 2.45) is 0 Å². The molecular formula is C11H12ClNO6S. The number of hydrogen-bond acceptors (Lipinski definition) is 6. The number of epoxide rings is 1. The molecule has 0 radical (unpaired) electrons. The number of ether oxygens (including phenoxy) is 2. The van der Waals surface area contributed by atoms with Gasteiger partial charge in [-0.1, -0.05) is 11.6 Å². The number of aliphatic carboxylic acids is 1. The number of carboxylic acids is 1. The number of alkyl halides is 1. The Morgan fingerprint density at radius 1 is 1.50 bits per heavy atom. The molecule has 1 N–H and O–H groups in total. The Morgan fingerprint density at radius 3 is 2.60 bits per heavy atom. The Kier molecular flexibility index (Phi) is 2.52. The van der Waals surface area contributed by atoms with Crippen LogP contribution in [-0.4, -0.2) is 61.8 Å². The number of methoxy groups -OCH3 is 1. The minimum atomic E-state index is -1.84. The molecular weight excluding hydrogens is 310 g/mol. The number of amides is 1. The van der Waals surface area contributed by atoms with Gasteiger partial charge in [-0.05, 0) is 13.8 Å². The van der Waals surface area contributed by atoms with Gasteiger partial charge in [-0.15, -0.1) is 11.8 Å². The number of rotatable bonds is 2. The zero-order chi connectivity index (χ0) is 15.1. The van der Waals surface area contributed by atoms with Crippen LogP contribution in [0.2, 0.25) is 0 Å². The van der Waals surface area contributed by atoms with E-state index < -0.39 is 44.7 Å². The summed E-state index contributed by atoms with van der Waals surface area (Å²) in [6.45, 7) is 3.46. The minimum Gasteiger partial charge on any atom is -0.480 e. The van der Waals surface area contributed by atoms with E-state index in [4.69, 9.17) is 16.3 Å².